The van der Waals surface area contributed by atoms with Crippen LogP contribution in [0.2, 0.25) is 0 Å². The molecule has 0 fully saturated rings. The van der Waals surface area contributed by atoms with Crippen molar-refractivity contribution in [2.75, 3.05) is 0 Å². The number of aliphatic imine (C=N–C) groups is 1. The number of nitriles is 1. The Kier molecular flexibility index (Phi) is 4.17. The van der Waals surface area contributed by atoms with Gasteiger partial charge < -0.3 is 5.73 Å². The fourth-order valence-electron chi connectivity index (χ4n) is 1.96. The number of para-hydroxylation sites is 1. The van der Waals surface area contributed by atoms with Gasteiger partial charge >= 0.3 is 0 Å². The molecule has 3 nitrogen and oxygen atoms in total. The highest BCUT2D eigenvalue weighted by atomic mass is 14.9. The van der Waals surface area contributed by atoms with E-state index in [1.165, 1.54) is 0 Å². The first-order chi connectivity index (χ1) is 9.64. The molecule has 0 saturated heterocycles. The molecule has 1 unspecified atom stereocenters. The third-order valence-electron chi connectivity index (χ3n) is 3.22. The molecule has 1 atom stereocenters. The van der Waals surface area contributed by atoms with Gasteiger partial charge in [-0.05, 0) is 31.0 Å². The zero-order valence-electron chi connectivity index (χ0n) is 11.5. The molecule has 0 heterocycles. The van der Waals surface area contributed by atoms with Gasteiger partial charge in [0.2, 0.25) is 0 Å². The minimum Gasteiger partial charge on any atom is -0.386 e. The summed E-state index contributed by atoms with van der Waals surface area (Å²) in [6.07, 6.45) is 0.548. The van der Waals surface area contributed by atoms with Crippen LogP contribution in [0.3, 0.4) is 0 Å². The third-order valence-corrected chi connectivity index (χ3v) is 3.22. The van der Waals surface area contributed by atoms with Crippen molar-refractivity contribution >= 4 is 11.5 Å². The SMILES string of the molecule is CC(C#N)(Cc1ccccc1)C(N)=Nc1ccccc1. The van der Waals surface area contributed by atoms with Crippen molar-refractivity contribution in [1.29, 1.82) is 5.26 Å². The molecule has 3 heteroatoms. The molecule has 0 amide bonds. The van der Waals surface area contributed by atoms with Crippen molar-refractivity contribution in [3.05, 3.63) is 66.2 Å². The van der Waals surface area contributed by atoms with Gasteiger partial charge in [0.05, 0.1) is 11.8 Å². The van der Waals surface area contributed by atoms with Gasteiger partial charge in [-0.25, -0.2) is 4.99 Å². The summed E-state index contributed by atoms with van der Waals surface area (Å²) in [6, 6.07) is 21.6. The first kappa shape index (κ1) is 13.8. The van der Waals surface area contributed by atoms with E-state index in [1.807, 2.05) is 67.6 Å². The summed E-state index contributed by atoms with van der Waals surface area (Å²) in [5.74, 6) is 0.343. The molecule has 0 aromatic heterocycles. The molecule has 0 aliphatic heterocycles. The molecule has 0 bridgehead atoms. The lowest BCUT2D eigenvalue weighted by Gasteiger charge is -2.21. The lowest BCUT2D eigenvalue weighted by atomic mass is 9.84. The van der Waals surface area contributed by atoms with Crippen LogP contribution in [0.25, 0.3) is 0 Å². The summed E-state index contributed by atoms with van der Waals surface area (Å²) < 4.78 is 0. The van der Waals surface area contributed by atoms with Crippen LogP contribution in [0, 0.1) is 16.7 Å². The van der Waals surface area contributed by atoms with Gasteiger partial charge in [0, 0.05) is 0 Å². The maximum atomic E-state index is 9.48. The number of benzene rings is 2. The van der Waals surface area contributed by atoms with Crippen LogP contribution in [0.4, 0.5) is 5.69 Å². The van der Waals surface area contributed by atoms with Crippen molar-refractivity contribution in [1.82, 2.24) is 0 Å². The van der Waals surface area contributed by atoms with Gasteiger partial charge in [0.1, 0.15) is 11.3 Å². The molecule has 0 aliphatic carbocycles. The van der Waals surface area contributed by atoms with Gasteiger partial charge in [-0.1, -0.05) is 48.5 Å². The lowest BCUT2D eigenvalue weighted by molar-refractivity contribution is 0.602. The smallest absolute Gasteiger partial charge is 0.120 e. The summed E-state index contributed by atoms with van der Waals surface area (Å²) in [4.78, 5) is 4.37. The number of hydrogen-bond donors (Lipinski definition) is 1. The monoisotopic (exact) mass is 263 g/mol. The Balaban J connectivity index is 2.27. The molecule has 20 heavy (non-hydrogen) atoms. The Hall–Kier alpha value is -2.60. The summed E-state index contributed by atoms with van der Waals surface area (Å²) >= 11 is 0. The number of nitrogens with two attached hydrogens (primary N) is 1. The second-order valence-corrected chi connectivity index (χ2v) is 4.94. The first-order valence-corrected chi connectivity index (χ1v) is 6.49. The van der Waals surface area contributed by atoms with Gasteiger partial charge in [-0.3, -0.25) is 0 Å². The van der Waals surface area contributed by atoms with Crippen LogP contribution in [0.15, 0.2) is 65.7 Å². The van der Waals surface area contributed by atoms with Crippen LogP contribution >= 0.6 is 0 Å². The van der Waals surface area contributed by atoms with Crippen LogP contribution in [-0.2, 0) is 6.42 Å². The minimum atomic E-state index is -0.808. The van der Waals surface area contributed by atoms with Gasteiger partial charge in [0.25, 0.3) is 0 Å². The number of hydrogen-bond acceptors (Lipinski definition) is 2. The second kappa shape index (κ2) is 6.03. The largest absolute Gasteiger partial charge is 0.386 e. The second-order valence-electron chi connectivity index (χ2n) is 4.94. The molecule has 100 valence electrons. The number of nitrogens with zero attached hydrogens (tertiary/aromatic N) is 2. The maximum absolute atomic E-state index is 9.48. The molecular weight excluding hydrogens is 246 g/mol. The number of amidine groups is 1. The first-order valence-electron chi connectivity index (χ1n) is 6.49. The van der Waals surface area contributed by atoms with Crippen molar-refractivity contribution in [3.8, 4) is 6.07 Å². The van der Waals surface area contributed by atoms with E-state index in [2.05, 4.69) is 11.1 Å². The van der Waals surface area contributed by atoms with E-state index >= 15 is 0 Å². The molecule has 0 aliphatic rings. The van der Waals surface area contributed by atoms with Crippen LogP contribution < -0.4 is 5.73 Å². The van der Waals surface area contributed by atoms with Crippen LogP contribution in [0.1, 0.15) is 12.5 Å². The highest BCUT2D eigenvalue weighted by Crippen LogP contribution is 2.24. The van der Waals surface area contributed by atoms with Crippen molar-refractivity contribution < 1.29 is 0 Å². The van der Waals surface area contributed by atoms with Crippen LogP contribution in [0.5, 0.6) is 0 Å². The molecule has 2 aromatic rings. The number of rotatable bonds is 4. The van der Waals surface area contributed by atoms with Crippen molar-refractivity contribution in [2.24, 2.45) is 16.1 Å². The molecular formula is C17H17N3. The average molecular weight is 263 g/mol. The Bertz CT molecular complexity index is 626. The quantitative estimate of drug-likeness (QED) is 0.678. The fourth-order valence-corrected chi connectivity index (χ4v) is 1.96. The molecule has 0 radical (unpaired) electrons. The van der Waals surface area contributed by atoms with Gasteiger partial charge in [0.15, 0.2) is 0 Å². The Morgan fingerprint density at radius 2 is 1.65 bits per heavy atom. The zero-order valence-corrected chi connectivity index (χ0v) is 11.5. The van der Waals surface area contributed by atoms with E-state index in [0.717, 1.165) is 11.3 Å². The molecule has 2 aromatic carbocycles. The van der Waals surface area contributed by atoms with E-state index in [0.29, 0.717) is 12.3 Å². The Morgan fingerprint density at radius 1 is 1.10 bits per heavy atom. The predicted molar refractivity (Wildman–Crippen MR) is 81.6 cm³/mol. The summed E-state index contributed by atoms with van der Waals surface area (Å²) in [6.45, 7) is 1.82. The summed E-state index contributed by atoms with van der Waals surface area (Å²) in [5, 5.41) is 9.48. The van der Waals surface area contributed by atoms with E-state index < -0.39 is 5.41 Å². The van der Waals surface area contributed by atoms with E-state index in [4.69, 9.17) is 5.73 Å². The standard InChI is InChI=1S/C17H17N3/c1-17(13-18,12-14-8-4-2-5-9-14)16(19)20-15-10-6-3-7-11-15/h2-11H,12H2,1H3,(H2,19,20). The molecule has 2 rings (SSSR count). The minimum absolute atomic E-state index is 0.343. The predicted octanol–water partition coefficient (Wildman–Crippen LogP) is 3.45. The van der Waals surface area contributed by atoms with Gasteiger partial charge in [-0.2, -0.15) is 5.26 Å². The Labute approximate surface area is 119 Å². The lowest BCUT2D eigenvalue weighted by Crippen LogP contribution is -2.35. The van der Waals surface area contributed by atoms with E-state index in [-0.39, 0.29) is 0 Å². The summed E-state index contributed by atoms with van der Waals surface area (Å²) in [7, 11) is 0. The topological polar surface area (TPSA) is 62.2 Å². The van der Waals surface area contributed by atoms with Crippen molar-refractivity contribution in [3.63, 3.8) is 0 Å². The molecule has 2 N–H and O–H groups in total. The highest BCUT2D eigenvalue weighted by Gasteiger charge is 2.29. The van der Waals surface area contributed by atoms with Crippen LogP contribution in [-0.4, -0.2) is 5.84 Å². The van der Waals surface area contributed by atoms with Crippen molar-refractivity contribution in [2.45, 2.75) is 13.3 Å². The van der Waals surface area contributed by atoms with E-state index in [9.17, 15) is 5.26 Å². The summed E-state index contributed by atoms with van der Waals surface area (Å²) in [5.41, 5.74) is 7.10. The molecule has 0 spiro atoms. The third kappa shape index (κ3) is 3.24. The molecule has 0 saturated carbocycles. The van der Waals surface area contributed by atoms with E-state index in [1.54, 1.807) is 0 Å². The van der Waals surface area contributed by atoms with Gasteiger partial charge in [-0.15, -0.1) is 0 Å². The maximum Gasteiger partial charge on any atom is 0.120 e. The zero-order chi connectivity index (χ0) is 14.4. The fraction of sp³-hybridized carbons (Fsp3) is 0.176. The normalized spacial score (nSPS) is 14.3. The Morgan fingerprint density at radius 3 is 2.20 bits per heavy atom. The average Bonchev–Trinajstić information content (AvgIpc) is 2.49. The highest BCUT2D eigenvalue weighted by molar-refractivity contribution is 5.91.